The number of halogens is 1. The second-order valence-electron chi connectivity index (χ2n) is 2.85. The molecule has 0 saturated carbocycles. The molecule has 2 aromatic rings. The average molecular weight is 318 g/mol. The summed E-state index contributed by atoms with van der Waals surface area (Å²) in [7, 11) is 1.92. The third-order valence-electron chi connectivity index (χ3n) is 2.02. The van der Waals surface area contributed by atoms with E-state index in [0.29, 0.717) is 4.80 Å². The summed E-state index contributed by atoms with van der Waals surface area (Å²) in [6.45, 7) is 0. The molecule has 74 valence electrons. The fraction of sp³-hybridized carbons (Fsp3) is 0.100. The van der Waals surface area contributed by atoms with Gasteiger partial charge in [-0.25, -0.2) is 0 Å². The van der Waals surface area contributed by atoms with Gasteiger partial charge in [-0.2, -0.15) is 0 Å². The van der Waals surface area contributed by atoms with Crippen LogP contribution in [0, 0.1) is 5.41 Å². The standard InChI is InChI=1S/C10H10N2S.HI/c1-12-9(7-13-10(12)11)8-5-3-2-4-6-8;/h2-7,11H,1H3;1H. The predicted octanol–water partition coefficient (Wildman–Crippen LogP) is 2.85. The summed E-state index contributed by atoms with van der Waals surface area (Å²) in [6.07, 6.45) is 0. The molecular weight excluding hydrogens is 307 g/mol. The van der Waals surface area contributed by atoms with Crippen LogP contribution < -0.4 is 4.80 Å². The third kappa shape index (κ3) is 2.06. The van der Waals surface area contributed by atoms with Crippen molar-refractivity contribution < 1.29 is 0 Å². The van der Waals surface area contributed by atoms with Crippen molar-refractivity contribution in [1.82, 2.24) is 4.57 Å². The number of hydrogen-bond donors (Lipinski definition) is 1. The number of aromatic nitrogens is 1. The van der Waals surface area contributed by atoms with Crippen LogP contribution in [0.5, 0.6) is 0 Å². The molecule has 0 spiro atoms. The summed E-state index contributed by atoms with van der Waals surface area (Å²) >= 11 is 1.46. The molecule has 1 aromatic carbocycles. The molecule has 0 radical (unpaired) electrons. The van der Waals surface area contributed by atoms with Crippen LogP contribution in [-0.2, 0) is 7.05 Å². The molecule has 0 unspecified atom stereocenters. The van der Waals surface area contributed by atoms with Gasteiger partial charge in [-0.3, -0.25) is 5.41 Å². The van der Waals surface area contributed by atoms with E-state index in [9.17, 15) is 0 Å². The normalized spacial score (nSPS) is 9.50. The van der Waals surface area contributed by atoms with E-state index in [1.165, 1.54) is 16.9 Å². The van der Waals surface area contributed by atoms with E-state index in [2.05, 4.69) is 12.1 Å². The molecular formula is C10H11IN2S. The van der Waals surface area contributed by atoms with Gasteiger partial charge in [0.25, 0.3) is 0 Å². The van der Waals surface area contributed by atoms with Gasteiger partial charge < -0.3 is 4.57 Å². The van der Waals surface area contributed by atoms with E-state index in [-0.39, 0.29) is 24.0 Å². The Balaban J connectivity index is 0.000000980. The second-order valence-corrected chi connectivity index (χ2v) is 3.71. The highest BCUT2D eigenvalue weighted by atomic mass is 127. The van der Waals surface area contributed by atoms with E-state index in [1.807, 2.05) is 35.2 Å². The third-order valence-corrected chi connectivity index (χ3v) is 2.86. The minimum absolute atomic E-state index is 0. The molecule has 0 aliphatic heterocycles. The average Bonchev–Trinajstić information content (AvgIpc) is 2.49. The lowest BCUT2D eigenvalue weighted by molar-refractivity contribution is 0.866. The Morgan fingerprint density at radius 1 is 1.21 bits per heavy atom. The van der Waals surface area contributed by atoms with Gasteiger partial charge in [0.1, 0.15) is 0 Å². The van der Waals surface area contributed by atoms with Gasteiger partial charge in [0.15, 0.2) is 4.80 Å². The van der Waals surface area contributed by atoms with Crippen LogP contribution in [-0.4, -0.2) is 4.57 Å². The molecule has 0 saturated heterocycles. The lowest BCUT2D eigenvalue weighted by atomic mass is 10.2. The molecule has 1 N–H and O–H groups in total. The molecule has 0 amide bonds. The van der Waals surface area contributed by atoms with Crippen LogP contribution in [0.15, 0.2) is 35.7 Å². The molecule has 0 aliphatic rings. The number of nitrogens with zero attached hydrogens (tertiary/aromatic N) is 1. The Morgan fingerprint density at radius 2 is 1.86 bits per heavy atom. The zero-order valence-electron chi connectivity index (χ0n) is 7.73. The van der Waals surface area contributed by atoms with Gasteiger partial charge in [-0.1, -0.05) is 30.3 Å². The van der Waals surface area contributed by atoms with E-state index >= 15 is 0 Å². The van der Waals surface area contributed by atoms with E-state index in [1.54, 1.807) is 0 Å². The Morgan fingerprint density at radius 3 is 2.36 bits per heavy atom. The number of hydrogen-bond acceptors (Lipinski definition) is 2. The summed E-state index contributed by atoms with van der Waals surface area (Å²) in [6, 6.07) is 10.1. The van der Waals surface area contributed by atoms with E-state index in [0.717, 1.165) is 5.69 Å². The van der Waals surface area contributed by atoms with Crippen molar-refractivity contribution >= 4 is 35.3 Å². The lowest BCUT2D eigenvalue weighted by Crippen LogP contribution is -2.08. The summed E-state index contributed by atoms with van der Waals surface area (Å²) in [5, 5.41) is 9.58. The first-order valence-electron chi connectivity index (χ1n) is 4.03. The Bertz CT molecular complexity index is 458. The maximum atomic E-state index is 7.57. The molecule has 0 aliphatic carbocycles. The molecule has 0 bridgehead atoms. The highest BCUT2D eigenvalue weighted by Gasteiger charge is 2.01. The van der Waals surface area contributed by atoms with E-state index in [4.69, 9.17) is 5.41 Å². The molecule has 1 aromatic heterocycles. The Hall–Kier alpha value is -0.620. The highest BCUT2D eigenvalue weighted by Crippen LogP contribution is 2.17. The first-order valence-corrected chi connectivity index (χ1v) is 4.91. The summed E-state index contributed by atoms with van der Waals surface area (Å²) in [5.41, 5.74) is 2.27. The number of rotatable bonds is 1. The number of benzene rings is 1. The predicted molar refractivity (Wildman–Crippen MR) is 70.0 cm³/mol. The highest BCUT2D eigenvalue weighted by molar-refractivity contribution is 14.0. The van der Waals surface area contributed by atoms with Crippen LogP contribution in [0.3, 0.4) is 0 Å². The second kappa shape index (κ2) is 4.75. The SMILES string of the molecule is Cn1c(-c2ccccc2)csc1=N.I. The summed E-state index contributed by atoms with van der Waals surface area (Å²) in [5.74, 6) is 0. The Kier molecular flexibility index (Phi) is 3.88. The quantitative estimate of drug-likeness (QED) is 0.784. The van der Waals surface area contributed by atoms with Gasteiger partial charge >= 0.3 is 0 Å². The van der Waals surface area contributed by atoms with Crippen molar-refractivity contribution in [1.29, 1.82) is 5.41 Å². The molecule has 2 rings (SSSR count). The first kappa shape index (κ1) is 11.5. The fourth-order valence-corrected chi connectivity index (χ4v) is 2.02. The Labute approximate surface area is 104 Å². The van der Waals surface area contributed by atoms with Crippen molar-refractivity contribution in [3.05, 3.63) is 40.5 Å². The monoisotopic (exact) mass is 318 g/mol. The summed E-state index contributed by atoms with van der Waals surface area (Å²) in [4.78, 5) is 0.582. The largest absolute Gasteiger partial charge is 0.320 e. The lowest BCUT2D eigenvalue weighted by Gasteiger charge is -2.00. The van der Waals surface area contributed by atoms with Crippen molar-refractivity contribution in [2.75, 3.05) is 0 Å². The van der Waals surface area contributed by atoms with Gasteiger partial charge in [0.05, 0.1) is 5.69 Å². The molecule has 1 heterocycles. The first-order chi connectivity index (χ1) is 6.29. The van der Waals surface area contributed by atoms with Crippen molar-refractivity contribution in [3.8, 4) is 11.3 Å². The number of thiazole rings is 1. The van der Waals surface area contributed by atoms with Crippen molar-refractivity contribution in [3.63, 3.8) is 0 Å². The minimum Gasteiger partial charge on any atom is -0.320 e. The van der Waals surface area contributed by atoms with Crippen LogP contribution in [0.1, 0.15) is 0 Å². The van der Waals surface area contributed by atoms with Crippen LogP contribution in [0.25, 0.3) is 11.3 Å². The van der Waals surface area contributed by atoms with Crippen LogP contribution in [0.2, 0.25) is 0 Å². The van der Waals surface area contributed by atoms with Gasteiger partial charge in [-0.15, -0.1) is 35.3 Å². The summed E-state index contributed by atoms with van der Waals surface area (Å²) < 4.78 is 1.89. The molecule has 14 heavy (non-hydrogen) atoms. The minimum atomic E-state index is 0. The zero-order valence-corrected chi connectivity index (χ0v) is 10.9. The van der Waals surface area contributed by atoms with Gasteiger partial charge in [0, 0.05) is 12.4 Å². The topological polar surface area (TPSA) is 28.8 Å². The van der Waals surface area contributed by atoms with Crippen molar-refractivity contribution in [2.24, 2.45) is 7.05 Å². The molecule has 2 nitrogen and oxygen atoms in total. The maximum Gasteiger partial charge on any atom is 0.182 e. The van der Waals surface area contributed by atoms with Crippen LogP contribution >= 0.6 is 35.3 Å². The maximum absolute atomic E-state index is 7.57. The fourth-order valence-electron chi connectivity index (χ4n) is 1.25. The van der Waals surface area contributed by atoms with Gasteiger partial charge in [0.2, 0.25) is 0 Å². The van der Waals surface area contributed by atoms with Crippen molar-refractivity contribution in [2.45, 2.75) is 0 Å². The smallest absolute Gasteiger partial charge is 0.182 e. The molecule has 4 heteroatoms. The zero-order chi connectivity index (χ0) is 9.26. The molecule has 0 fully saturated rings. The molecule has 0 atom stereocenters. The van der Waals surface area contributed by atoms with Gasteiger partial charge in [-0.05, 0) is 5.56 Å². The van der Waals surface area contributed by atoms with Crippen LogP contribution in [0.4, 0.5) is 0 Å². The van der Waals surface area contributed by atoms with E-state index < -0.39 is 0 Å². The number of nitrogens with one attached hydrogen (secondary N) is 1.